The van der Waals surface area contributed by atoms with E-state index in [1.54, 1.807) is 12.1 Å². The Morgan fingerprint density at radius 2 is 2.08 bits per heavy atom. The predicted octanol–water partition coefficient (Wildman–Crippen LogP) is 3.65. The molecule has 4 rings (SSSR count). The van der Waals surface area contributed by atoms with Gasteiger partial charge in [-0.1, -0.05) is 23.2 Å². The smallest absolute Gasteiger partial charge is 0.274 e. The molecule has 26 heavy (non-hydrogen) atoms. The third-order valence-corrected chi connectivity index (χ3v) is 5.72. The third kappa shape index (κ3) is 3.22. The number of rotatable bonds is 3. The molecule has 0 spiro atoms. The number of halogens is 3. The largest absolute Gasteiger partial charge is 0.333 e. The fourth-order valence-electron chi connectivity index (χ4n) is 3.95. The Morgan fingerprint density at radius 3 is 2.81 bits per heavy atom. The van der Waals surface area contributed by atoms with Gasteiger partial charge in [-0.15, -0.1) is 12.4 Å². The van der Waals surface area contributed by atoms with E-state index in [-0.39, 0.29) is 24.4 Å². The van der Waals surface area contributed by atoms with Crippen molar-refractivity contribution in [3.63, 3.8) is 0 Å². The van der Waals surface area contributed by atoms with Crippen molar-refractivity contribution < 1.29 is 4.79 Å². The normalized spacial score (nSPS) is 18.7. The number of amides is 1. The summed E-state index contributed by atoms with van der Waals surface area (Å²) in [5.74, 6) is -0.00469. The monoisotopic (exact) mass is 414 g/mol. The van der Waals surface area contributed by atoms with Crippen LogP contribution in [0.15, 0.2) is 18.2 Å². The van der Waals surface area contributed by atoms with Crippen LogP contribution < -0.4 is 5.73 Å². The van der Waals surface area contributed by atoms with Gasteiger partial charge in [0.25, 0.3) is 5.91 Å². The number of hydrogen-bond donors (Lipinski definition) is 1. The Labute approximate surface area is 168 Å². The number of carbonyl (C=O) groups excluding carboxylic acids is 1. The molecule has 1 fully saturated rings. The molecule has 1 aliphatic heterocycles. The first-order valence-electron chi connectivity index (χ1n) is 8.67. The number of fused-ring (bicyclic) bond motifs is 1. The molecule has 0 radical (unpaired) electrons. The van der Waals surface area contributed by atoms with E-state index in [2.05, 4.69) is 5.10 Å². The van der Waals surface area contributed by atoms with Gasteiger partial charge in [-0.2, -0.15) is 5.10 Å². The molecule has 1 aromatic carbocycles. The highest BCUT2D eigenvalue weighted by Crippen LogP contribution is 2.32. The van der Waals surface area contributed by atoms with Crippen LogP contribution >= 0.6 is 35.6 Å². The predicted molar refractivity (Wildman–Crippen MR) is 106 cm³/mol. The molecule has 8 heteroatoms. The summed E-state index contributed by atoms with van der Waals surface area (Å²) in [6.45, 7) is 1.25. The summed E-state index contributed by atoms with van der Waals surface area (Å²) in [7, 11) is 0. The van der Waals surface area contributed by atoms with Crippen LogP contribution in [0.1, 0.15) is 41.0 Å². The standard InChI is InChI=1S/C18H20Cl2N4O.ClH/c19-11-6-7-16(14(20)9-11)24-15-5-1-4-13(15)17(22-24)18(25)23-8-2-3-12(23)10-21;/h6-7,9,12H,1-5,8,10,21H2;1H. The third-order valence-electron chi connectivity index (χ3n) is 5.18. The van der Waals surface area contributed by atoms with Gasteiger partial charge in [0.2, 0.25) is 0 Å². The SMILES string of the molecule is Cl.NCC1CCCN1C(=O)c1nn(-c2ccc(Cl)cc2Cl)c2c1CCC2. The lowest BCUT2D eigenvalue weighted by Crippen LogP contribution is -2.40. The van der Waals surface area contributed by atoms with Crippen molar-refractivity contribution in [2.45, 2.75) is 38.1 Å². The van der Waals surface area contributed by atoms with Gasteiger partial charge in [-0.3, -0.25) is 4.79 Å². The lowest BCUT2D eigenvalue weighted by atomic mass is 10.1. The molecule has 0 saturated carbocycles. The highest BCUT2D eigenvalue weighted by molar-refractivity contribution is 6.35. The van der Waals surface area contributed by atoms with Crippen molar-refractivity contribution in [2.75, 3.05) is 13.1 Å². The van der Waals surface area contributed by atoms with E-state index >= 15 is 0 Å². The number of likely N-dealkylation sites (tertiary alicyclic amines) is 1. The van der Waals surface area contributed by atoms with Crippen molar-refractivity contribution in [2.24, 2.45) is 5.73 Å². The van der Waals surface area contributed by atoms with Crippen LogP contribution in [0, 0.1) is 0 Å². The topological polar surface area (TPSA) is 64.2 Å². The molecule has 1 saturated heterocycles. The summed E-state index contributed by atoms with van der Waals surface area (Å²) < 4.78 is 1.82. The van der Waals surface area contributed by atoms with Gasteiger partial charge in [-0.25, -0.2) is 4.68 Å². The highest BCUT2D eigenvalue weighted by Gasteiger charge is 2.34. The van der Waals surface area contributed by atoms with Crippen molar-refractivity contribution in [1.82, 2.24) is 14.7 Å². The van der Waals surface area contributed by atoms with E-state index in [1.807, 2.05) is 15.6 Å². The van der Waals surface area contributed by atoms with Crippen LogP contribution in [0.5, 0.6) is 0 Å². The summed E-state index contributed by atoms with van der Waals surface area (Å²) in [6, 6.07) is 5.46. The number of hydrogen-bond acceptors (Lipinski definition) is 3. The lowest BCUT2D eigenvalue weighted by molar-refractivity contribution is 0.0733. The molecular formula is C18H21Cl3N4O. The van der Waals surface area contributed by atoms with Gasteiger partial charge in [-0.05, 0) is 50.3 Å². The van der Waals surface area contributed by atoms with Crippen LogP contribution in [-0.2, 0) is 12.8 Å². The molecule has 2 heterocycles. The maximum absolute atomic E-state index is 13.1. The average molecular weight is 416 g/mol. The van der Waals surface area contributed by atoms with Crippen LogP contribution in [0.3, 0.4) is 0 Å². The molecule has 1 atom stereocenters. The summed E-state index contributed by atoms with van der Waals surface area (Å²) in [4.78, 5) is 15.0. The summed E-state index contributed by atoms with van der Waals surface area (Å²) in [6.07, 6.45) is 4.77. The molecule has 2 aromatic rings. The van der Waals surface area contributed by atoms with Crippen LogP contribution in [0.4, 0.5) is 0 Å². The van der Waals surface area contributed by atoms with E-state index in [1.165, 1.54) is 0 Å². The maximum atomic E-state index is 13.1. The van der Waals surface area contributed by atoms with Crippen molar-refractivity contribution in [1.29, 1.82) is 0 Å². The van der Waals surface area contributed by atoms with Gasteiger partial charge in [0.05, 0.1) is 10.7 Å². The number of benzene rings is 1. The molecular weight excluding hydrogens is 395 g/mol. The van der Waals surface area contributed by atoms with Gasteiger partial charge < -0.3 is 10.6 Å². The average Bonchev–Trinajstić information content (AvgIpc) is 3.30. The molecule has 140 valence electrons. The Hall–Kier alpha value is -1.27. The molecule has 1 unspecified atom stereocenters. The van der Waals surface area contributed by atoms with E-state index < -0.39 is 0 Å². The summed E-state index contributed by atoms with van der Waals surface area (Å²) in [5, 5.41) is 5.78. The van der Waals surface area contributed by atoms with Crippen LogP contribution in [0.2, 0.25) is 10.0 Å². The molecule has 1 aliphatic carbocycles. The van der Waals surface area contributed by atoms with E-state index in [0.29, 0.717) is 22.3 Å². The fourth-order valence-corrected chi connectivity index (χ4v) is 4.43. The lowest BCUT2D eigenvalue weighted by Gasteiger charge is -2.22. The molecule has 1 aromatic heterocycles. The first kappa shape index (κ1) is 19.5. The Morgan fingerprint density at radius 1 is 1.27 bits per heavy atom. The molecule has 2 aliphatic rings. The second-order valence-corrected chi connectivity index (χ2v) is 7.51. The zero-order valence-corrected chi connectivity index (χ0v) is 16.6. The van der Waals surface area contributed by atoms with Crippen molar-refractivity contribution in [3.05, 3.63) is 45.2 Å². The second-order valence-electron chi connectivity index (χ2n) is 6.67. The van der Waals surface area contributed by atoms with Gasteiger partial charge in [0.1, 0.15) is 0 Å². The minimum Gasteiger partial charge on any atom is -0.333 e. The number of carbonyl (C=O) groups is 1. The van der Waals surface area contributed by atoms with Crippen molar-refractivity contribution in [3.8, 4) is 5.69 Å². The van der Waals surface area contributed by atoms with E-state index in [0.717, 1.165) is 55.6 Å². The zero-order valence-electron chi connectivity index (χ0n) is 14.3. The first-order valence-corrected chi connectivity index (χ1v) is 9.43. The Bertz CT molecular complexity index is 836. The van der Waals surface area contributed by atoms with Crippen molar-refractivity contribution >= 4 is 41.5 Å². The fraction of sp³-hybridized carbons (Fsp3) is 0.444. The molecule has 1 amide bonds. The van der Waals surface area contributed by atoms with E-state index in [4.69, 9.17) is 28.9 Å². The van der Waals surface area contributed by atoms with E-state index in [9.17, 15) is 4.79 Å². The Balaban J connectivity index is 0.00000196. The molecule has 5 nitrogen and oxygen atoms in total. The van der Waals surface area contributed by atoms with Gasteiger partial charge in [0.15, 0.2) is 5.69 Å². The highest BCUT2D eigenvalue weighted by atomic mass is 35.5. The summed E-state index contributed by atoms with van der Waals surface area (Å²) in [5.41, 5.74) is 9.29. The van der Waals surface area contributed by atoms with Crippen LogP contribution in [-0.4, -0.2) is 39.7 Å². The number of nitrogens with two attached hydrogens (primary N) is 1. The van der Waals surface area contributed by atoms with Crippen LogP contribution in [0.25, 0.3) is 5.69 Å². The Kier molecular flexibility index (Phi) is 5.82. The molecule has 0 bridgehead atoms. The molecule has 2 N–H and O–H groups in total. The number of aromatic nitrogens is 2. The quantitative estimate of drug-likeness (QED) is 0.832. The second kappa shape index (κ2) is 7.77. The zero-order chi connectivity index (χ0) is 17.6. The summed E-state index contributed by atoms with van der Waals surface area (Å²) >= 11 is 12.4. The number of nitrogens with zero attached hydrogens (tertiary/aromatic N) is 3. The minimum atomic E-state index is -0.00469. The van der Waals surface area contributed by atoms with Gasteiger partial charge in [0, 0.05) is 35.4 Å². The van der Waals surface area contributed by atoms with Gasteiger partial charge >= 0.3 is 0 Å². The first-order chi connectivity index (χ1) is 12.1. The maximum Gasteiger partial charge on any atom is 0.274 e. The minimum absolute atomic E-state index is 0.